The molecular weight excluding hydrogens is 669 g/mol. The summed E-state index contributed by atoms with van der Waals surface area (Å²) >= 11 is 0. The van der Waals surface area contributed by atoms with E-state index in [4.69, 9.17) is 4.98 Å². The predicted molar refractivity (Wildman–Crippen MR) is 165 cm³/mol. The molecule has 209 valence electrons. The van der Waals surface area contributed by atoms with Gasteiger partial charge in [-0.25, -0.2) is 0 Å². The fourth-order valence-corrected chi connectivity index (χ4v) is 6.99. The second-order valence-corrected chi connectivity index (χ2v) is 11.5. The first kappa shape index (κ1) is 27.3. The van der Waals surface area contributed by atoms with Gasteiger partial charge in [0.15, 0.2) is 0 Å². The summed E-state index contributed by atoms with van der Waals surface area (Å²) in [5.41, 5.74) is 7.52. The largest absolute Gasteiger partial charge is 0.371 e. The van der Waals surface area contributed by atoms with Gasteiger partial charge in [0.05, 0.1) is 11.3 Å². The molecule has 0 aliphatic carbocycles. The van der Waals surface area contributed by atoms with Crippen molar-refractivity contribution in [3.8, 4) is 11.3 Å². The summed E-state index contributed by atoms with van der Waals surface area (Å²) in [6.45, 7) is 4.52. The minimum Gasteiger partial charge on any atom is -0.371 e. The van der Waals surface area contributed by atoms with E-state index in [0.717, 1.165) is 37.2 Å². The van der Waals surface area contributed by atoms with E-state index in [9.17, 15) is 0 Å². The van der Waals surface area contributed by atoms with Crippen molar-refractivity contribution in [3.05, 3.63) is 72.9 Å². The van der Waals surface area contributed by atoms with Gasteiger partial charge < -0.3 is 14.2 Å². The van der Waals surface area contributed by atoms with E-state index in [1.54, 1.807) is 0 Å². The van der Waals surface area contributed by atoms with Crippen LogP contribution in [0, 0.1) is 6.07 Å². The van der Waals surface area contributed by atoms with Gasteiger partial charge in [-0.05, 0) is 49.3 Å². The van der Waals surface area contributed by atoms with Gasteiger partial charge in [-0.15, -0.1) is 29.7 Å². The van der Waals surface area contributed by atoms with Crippen molar-refractivity contribution in [3.63, 3.8) is 0 Å². The number of fused-ring (bicyclic) bond motifs is 6. The monoisotopic (exact) mass is 708 g/mol. The molecule has 7 rings (SSSR count). The van der Waals surface area contributed by atoms with Crippen LogP contribution in [-0.4, -0.2) is 35.6 Å². The number of hydrogen-bond acceptors (Lipinski definition) is 3. The Labute approximate surface area is 251 Å². The van der Waals surface area contributed by atoms with E-state index >= 15 is 0 Å². The molecule has 2 aromatic heterocycles. The molecule has 2 fully saturated rings. The third-order valence-electron chi connectivity index (χ3n) is 8.95. The summed E-state index contributed by atoms with van der Waals surface area (Å²) in [6, 6.07) is 25.7. The molecule has 0 unspecified atom stereocenters. The quantitative estimate of drug-likeness (QED) is 0.139. The summed E-state index contributed by atoms with van der Waals surface area (Å²) in [5.74, 6) is 0. The summed E-state index contributed by atoms with van der Waals surface area (Å²) in [6.07, 6.45) is 15.3. The molecule has 4 heterocycles. The van der Waals surface area contributed by atoms with E-state index in [2.05, 4.69) is 81.1 Å². The molecule has 0 N–H and O–H groups in total. The maximum absolute atomic E-state index is 5.11. The number of imidazole rings is 1. The van der Waals surface area contributed by atoms with E-state index < -0.39 is 0 Å². The second-order valence-electron chi connectivity index (χ2n) is 11.5. The van der Waals surface area contributed by atoms with Crippen LogP contribution in [0.5, 0.6) is 0 Å². The van der Waals surface area contributed by atoms with Crippen LogP contribution in [0.4, 0.5) is 11.4 Å². The Morgan fingerprint density at radius 3 is 1.82 bits per heavy atom. The molecule has 40 heavy (non-hydrogen) atoms. The molecule has 1 radical (unpaired) electrons. The van der Waals surface area contributed by atoms with Gasteiger partial charge in [0.1, 0.15) is 0 Å². The van der Waals surface area contributed by atoms with Crippen LogP contribution in [0.15, 0.2) is 66.9 Å². The van der Waals surface area contributed by atoms with Gasteiger partial charge in [0.25, 0.3) is 0 Å². The zero-order valence-corrected chi connectivity index (χ0v) is 25.8. The number of rotatable bonds is 3. The first-order valence-corrected chi connectivity index (χ1v) is 15.2. The van der Waals surface area contributed by atoms with Crippen LogP contribution in [0.1, 0.15) is 64.2 Å². The minimum atomic E-state index is 0. The second kappa shape index (κ2) is 12.3. The smallest absolute Gasteiger partial charge is 0.0676 e. The van der Waals surface area contributed by atoms with Gasteiger partial charge >= 0.3 is 0 Å². The molecular formula is C35H39IrN4-. The molecule has 5 aromatic rings. The Bertz CT molecular complexity index is 1550. The number of benzene rings is 3. The minimum absolute atomic E-state index is 0. The van der Waals surface area contributed by atoms with Crippen LogP contribution in [-0.2, 0) is 20.1 Å². The van der Waals surface area contributed by atoms with Crippen molar-refractivity contribution >= 4 is 38.7 Å². The Balaban J connectivity index is 0.00000289. The maximum atomic E-state index is 5.11. The zero-order chi connectivity index (χ0) is 26.0. The average molecular weight is 708 g/mol. The maximum Gasteiger partial charge on any atom is 0.0676 e. The molecule has 0 atom stereocenters. The Morgan fingerprint density at radius 2 is 1.18 bits per heavy atom. The molecule has 5 heteroatoms. The van der Waals surface area contributed by atoms with Crippen LogP contribution in [0.2, 0.25) is 0 Å². The third-order valence-corrected chi connectivity index (χ3v) is 8.95. The predicted octanol–water partition coefficient (Wildman–Crippen LogP) is 8.65. The fraction of sp³-hybridized carbons (Fsp3) is 0.400. The Hall–Kier alpha value is -2.88. The number of para-hydroxylation sites is 1. The van der Waals surface area contributed by atoms with Crippen molar-refractivity contribution in [1.82, 2.24) is 9.38 Å². The summed E-state index contributed by atoms with van der Waals surface area (Å²) in [7, 11) is 0. The van der Waals surface area contributed by atoms with Crippen molar-refractivity contribution in [2.24, 2.45) is 0 Å². The van der Waals surface area contributed by atoms with Crippen LogP contribution < -0.4 is 9.80 Å². The van der Waals surface area contributed by atoms with Crippen LogP contribution >= 0.6 is 0 Å². The third kappa shape index (κ3) is 5.03. The first-order chi connectivity index (χ1) is 19.4. The number of hydrogen-bond donors (Lipinski definition) is 0. The molecule has 0 spiro atoms. The van der Waals surface area contributed by atoms with E-state index in [1.807, 2.05) is 6.07 Å². The van der Waals surface area contributed by atoms with Crippen molar-refractivity contribution < 1.29 is 20.1 Å². The van der Waals surface area contributed by atoms with Crippen molar-refractivity contribution in [2.45, 2.75) is 64.2 Å². The molecule has 0 saturated carbocycles. The summed E-state index contributed by atoms with van der Waals surface area (Å²) < 4.78 is 2.42. The van der Waals surface area contributed by atoms with E-state index in [-0.39, 0.29) is 20.1 Å². The molecule has 0 amide bonds. The van der Waals surface area contributed by atoms with Gasteiger partial charge in [-0.1, -0.05) is 68.2 Å². The molecule has 4 nitrogen and oxygen atoms in total. The van der Waals surface area contributed by atoms with Crippen LogP contribution in [0.25, 0.3) is 38.6 Å². The zero-order valence-electron chi connectivity index (χ0n) is 23.4. The van der Waals surface area contributed by atoms with Gasteiger partial charge in [-0.3, -0.25) is 4.98 Å². The van der Waals surface area contributed by atoms with E-state index in [0.29, 0.717) is 0 Å². The molecule has 3 aromatic carbocycles. The van der Waals surface area contributed by atoms with Crippen LogP contribution in [0.3, 0.4) is 0 Å². The average Bonchev–Trinajstić information content (AvgIpc) is 3.38. The number of aromatic nitrogens is 2. The standard InChI is InChI=1S/C35H39N4.Ir/c1-3-11-22-37(23-12-4-1)31-20-15-21-32(38-24-13-5-2-6-14-25-38)34(31)33-26-36-35-29-18-8-7-16-27(29)28-17-9-10-19-30(28)39(33)35;/h7-10,15-17,19-21,26H,1-6,11-14,22-25H2;/q-1;. The van der Waals surface area contributed by atoms with Gasteiger partial charge in [0, 0.05) is 74.9 Å². The normalized spacial score (nSPS) is 17.3. The van der Waals surface area contributed by atoms with E-state index in [1.165, 1.54) is 103 Å². The van der Waals surface area contributed by atoms with Gasteiger partial charge in [0.2, 0.25) is 0 Å². The fourth-order valence-electron chi connectivity index (χ4n) is 6.99. The molecule has 2 aliphatic rings. The molecule has 2 saturated heterocycles. The number of pyridine rings is 1. The topological polar surface area (TPSA) is 23.8 Å². The summed E-state index contributed by atoms with van der Waals surface area (Å²) in [4.78, 5) is 10.5. The van der Waals surface area contributed by atoms with Gasteiger partial charge in [-0.2, -0.15) is 0 Å². The SMILES string of the molecule is [Ir].[c-]1cccc2c1c1ncc(-c3c(N4CCCCCCC4)cccc3N3CCCCCCC3)n1c1ccccc21. The Morgan fingerprint density at radius 1 is 0.600 bits per heavy atom. The Kier molecular flexibility index (Phi) is 8.41. The van der Waals surface area contributed by atoms with Crippen molar-refractivity contribution in [2.75, 3.05) is 36.0 Å². The summed E-state index contributed by atoms with van der Waals surface area (Å²) in [5, 5.41) is 3.57. The molecule has 2 aliphatic heterocycles. The van der Waals surface area contributed by atoms with Crippen molar-refractivity contribution in [1.29, 1.82) is 0 Å². The number of anilines is 2. The number of nitrogens with zero attached hydrogens (tertiary/aromatic N) is 4. The molecule has 0 bridgehead atoms. The first-order valence-electron chi connectivity index (χ1n) is 15.2.